The largest absolute Gasteiger partial charge is 0.355 e. The molecular weight excluding hydrogens is 735 g/mol. The fourth-order valence-corrected chi connectivity index (χ4v) is 14.6. The summed E-state index contributed by atoms with van der Waals surface area (Å²) in [4.78, 5) is 0. The first kappa shape index (κ1) is 41.7. The first-order valence-corrected chi connectivity index (χ1v) is 25.0. The monoisotopic (exact) mass is 814 g/mol. The summed E-state index contributed by atoms with van der Waals surface area (Å²) in [5.74, 6) is 8.98. The van der Waals surface area contributed by atoms with Crippen LogP contribution < -0.4 is 5.32 Å². The van der Waals surface area contributed by atoms with Crippen LogP contribution >= 0.6 is 0 Å². The van der Waals surface area contributed by atoms with Gasteiger partial charge in [0.2, 0.25) is 0 Å². The third-order valence-corrected chi connectivity index (χ3v) is 17.4. The molecule has 4 aromatic rings. The van der Waals surface area contributed by atoms with Crippen LogP contribution in [-0.2, 0) is 21.7 Å². The molecule has 8 saturated carbocycles. The van der Waals surface area contributed by atoms with E-state index in [4.69, 9.17) is 0 Å². The highest BCUT2D eigenvalue weighted by Gasteiger charge is 2.51. The number of rotatable bonds is 6. The van der Waals surface area contributed by atoms with Gasteiger partial charge in [-0.15, -0.1) is 0 Å². The summed E-state index contributed by atoms with van der Waals surface area (Å²) in [5.41, 5.74) is 16.9. The van der Waals surface area contributed by atoms with E-state index in [0.29, 0.717) is 0 Å². The maximum atomic E-state index is 4.23. The molecule has 8 fully saturated rings. The van der Waals surface area contributed by atoms with Gasteiger partial charge in [0.25, 0.3) is 0 Å². The van der Waals surface area contributed by atoms with Crippen LogP contribution in [0.25, 0.3) is 22.3 Å². The van der Waals surface area contributed by atoms with Gasteiger partial charge in [0.05, 0.1) is 0 Å². The SMILES string of the molecule is CC(C)(C)c1cc(-c2cc(Nc3cc(C4C5CC6CC(C5)CC4C6)cc(C4C5CC6CC(C5)CC4C6)c3)cc(-c3cc(C(C)(C)C)cc(C(C)(C)C)c3)c2)cc(C(C)(C)C)c1. The molecule has 8 bridgehead atoms. The zero-order valence-electron chi connectivity index (χ0n) is 40.3. The molecule has 12 rings (SSSR count). The zero-order valence-corrected chi connectivity index (χ0v) is 40.3. The Hall–Kier alpha value is -3.32. The molecule has 0 heterocycles. The number of benzene rings is 4. The molecule has 0 radical (unpaired) electrons. The van der Waals surface area contributed by atoms with E-state index in [1.807, 2.05) is 0 Å². The van der Waals surface area contributed by atoms with Gasteiger partial charge in [-0.2, -0.15) is 0 Å². The van der Waals surface area contributed by atoms with Gasteiger partial charge in [0.15, 0.2) is 0 Å². The van der Waals surface area contributed by atoms with E-state index in [0.717, 1.165) is 59.2 Å². The van der Waals surface area contributed by atoms with Gasteiger partial charge >= 0.3 is 0 Å². The van der Waals surface area contributed by atoms with E-state index in [9.17, 15) is 0 Å². The quantitative estimate of drug-likeness (QED) is 0.204. The molecule has 61 heavy (non-hydrogen) atoms. The highest BCUT2D eigenvalue weighted by atomic mass is 14.9. The van der Waals surface area contributed by atoms with Gasteiger partial charge in [-0.05, 0) is 231 Å². The summed E-state index contributed by atoms with van der Waals surface area (Å²) in [5, 5.41) is 4.23. The van der Waals surface area contributed by atoms with Gasteiger partial charge in [-0.25, -0.2) is 0 Å². The smallest absolute Gasteiger partial charge is 0.0396 e. The highest BCUT2D eigenvalue weighted by Crippen LogP contribution is 2.62. The molecule has 0 unspecified atom stereocenters. The van der Waals surface area contributed by atoms with Crippen molar-refractivity contribution < 1.29 is 0 Å². The molecule has 4 aromatic carbocycles. The van der Waals surface area contributed by atoms with E-state index >= 15 is 0 Å². The molecule has 8 aliphatic rings. The lowest BCUT2D eigenvalue weighted by atomic mass is 9.49. The second-order valence-electron chi connectivity index (χ2n) is 26.3. The maximum Gasteiger partial charge on any atom is 0.0396 e. The van der Waals surface area contributed by atoms with E-state index in [-0.39, 0.29) is 21.7 Å². The highest BCUT2D eigenvalue weighted by molar-refractivity contribution is 5.81. The molecule has 1 nitrogen and oxygen atoms in total. The summed E-state index contributed by atoms with van der Waals surface area (Å²) in [6, 6.07) is 30.4. The van der Waals surface area contributed by atoms with Crippen LogP contribution in [0.15, 0.2) is 72.8 Å². The second kappa shape index (κ2) is 14.6. The standard InChI is InChI=1S/C60H79N/c1-57(2,3)49-25-41(26-50(33-49)58(4,5)6)39-23-40(42-27-51(59(7,8)9)34-52(28-42)60(10,11)12)30-53(29-39)61-54-31-47(55-43-15-35-13-36(17-43)18-44(55)16-35)24-48(32-54)56-45-19-37-14-38(21-45)22-46(56)20-37/h23-38,43-46,55-56,61H,13-22H2,1-12H3. The van der Waals surface area contributed by atoms with Crippen molar-refractivity contribution in [1.82, 2.24) is 0 Å². The summed E-state index contributed by atoms with van der Waals surface area (Å²) < 4.78 is 0. The van der Waals surface area contributed by atoms with Crippen molar-refractivity contribution in [1.29, 1.82) is 0 Å². The summed E-state index contributed by atoms with van der Waals surface area (Å²) in [7, 11) is 0. The van der Waals surface area contributed by atoms with Crippen LogP contribution in [0.2, 0.25) is 0 Å². The van der Waals surface area contributed by atoms with Gasteiger partial charge in [0, 0.05) is 11.4 Å². The van der Waals surface area contributed by atoms with E-state index in [2.05, 4.69) is 161 Å². The van der Waals surface area contributed by atoms with Crippen molar-refractivity contribution >= 4 is 11.4 Å². The first-order valence-electron chi connectivity index (χ1n) is 25.0. The van der Waals surface area contributed by atoms with Crippen molar-refractivity contribution in [2.24, 2.45) is 47.3 Å². The number of hydrogen-bond donors (Lipinski definition) is 1. The third kappa shape index (κ3) is 8.10. The van der Waals surface area contributed by atoms with Gasteiger partial charge < -0.3 is 5.32 Å². The average Bonchev–Trinajstić information content (AvgIpc) is 3.15. The second-order valence-corrected chi connectivity index (χ2v) is 26.3. The lowest BCUT2D eigenvalue weighted by Crippen LogP contribution is -2.44. The van der Waals surface area contributed by atoms with Crippen molar-refractivity contribution in [3.8, 4) is 22.3 Å². The zero-order chi connectivity index (χ0) is 43.0. The minimum absolute atomic E-state index is 0.0457. The maximum absolute atomic E-state index is 4.23. The molecular formula is C60H79N. The van der Waals surface area contributed by atoms with E-state index in [1.165, 1.54) is 120 Å². The van der Waals surface area contributed by atoms with Crippen molar-refractivity contribution in [3.05, 3.63) is 106 Å². The van der Waals surface area contributed by atoms with Gasteiger partial charge in [-0.1, -0.05) is 126 Å². The Morgan fingerprint density at radius 1 is 0.311 bits per heavy atom. The predicted octanol–water partition coefficient (Wildman–Crippen LogP) is 17.0. The summed E-state index contributed by atoms with van der Waals surface area (Å²) >= 11 is 0. The number of nitrogens with one attached hydrogen (secondary N) is 1. The van der Waals surface area contributed by atoms with Crippen LogP contribution in [0.5, 0.6) is 0 Å². The van der Waals surface area contributed by atoms with Gasteiger partial charge in [-0.3, -0.25) is 0 Å². The lowest BCUT2D eigenvalue weighted by molar-refractivity contribution is -0.00494. The third-order valence-electron chi connectivity index (χ3n) is 17.4. The Morgan fingerprint density at radius 3 is 0.885 bits per heavy atom. The van der Waals surface area contributed by atoms with Gasteiger partial charge in [0.1, 0.15) is 0 Å². The molecule has 0 saturated heterocycles. The minimum Gasteiger partial charge on any atom is -0.355 e. The molecule has 324 valence electrons. The first-order chi connectivity index (χ1) is 28.6. The fourth-order valence-electron chi connectivity index (χ4n) is 14.6. The summed E-state index contributed by atoms with van der Waals surface area (Å²) in [6.45, 7) is 28.4. The van der Waals surface area contributed by atoms with Crippen LogP contribution in [0.3, 0.4) is 0 Å². The normalized spacial score (nSPS) is 30.6. The molecule has 0 spiro atoms. The van der Waals surface area contributed by atoms with Crippen molar-refractivity contribution in [2.75, 3.05) is 5.32 Å². The Kier molecular flexibility index (Phi) is 9.98. The van der Waals surface area contributed by atoms with E-state index < -0.39 is 0 Å². The molecule has 1 heteroatoms. The minimum atomic E-state index is 0.0457. The fraction of sp³-hybridized carbons (Fsp3) is 0.600. The number of hydrogen-bond acceptors (Lipinski definition) is 1. The molecule has 0 atom stereocenters. The lowest BCUT2D eigenvalue weighted by Gasteiger charge is -2.55. The van der Waals surface area contributed by atoms with Crippen LogP contribution in [0, 0.1) is 47.3 Å². The predicted molar refractivity (Wildman–Crippen MR) is 261 cm³/mol. The Labute approximate surface area is 371 Å². The molecule has 0 amide bonds. The van der Waals surface area contributed by atoms with E-state index in [1.54, 1.807) is 11.1 Å². The Balaban J connectivity index is 1.13. The molecule has 0 aromatic heterocycles. The van der Waals surface area contributed by atoms with Crippen LogP contribution in [0.1, 0.15) is 193 Å². The Bertz CT molecular complexity index is 2030. The van der Waals surface area contributed by atoms with Crippen molar-refractivity contribution in [3.63, 3.8) is 0 Å². The molecule has 8 aliphatic carbocycles. The number of anilines is 2. The Morgan fingerprint density at radius 2 is 0.590 bits per heavy atom. The van der Waals surface area contributed by atoms with Crippen LogP contribution in [0.4, 0.5) is 11.4 Å². The van der Waals surface area contributed by atoms with Crippen molar-refractivity contribution in [2.45, 2.75) is 181 Å². The molecule has 1 N–H and O–H groups in total. The van der Waals surface area contributed by atoms with Crippen LogP contribution in [-0.4, -0.2) is 0 Å². The molecule has 0 aliphatic heterocycles. The topological polar surface area (TPSA) is 12.0 Å². The summed E-state index contributed by atoms with van der Waals surface area (Å²) in [6.07, 6.45) is 14.8. The average molecular weight is 814 g/mol.